The molecule has 96 valence electrons. The summed E-state index contributed by atoms with van der Waals surface area (Å²) in [6, 6.07) is 6.95. The van der Waals surface area contributed by atoms with Crippen molar-refractivity contribution in [2.75, 3.05) is 0 Å². The van der Waals surface area contributed by atoms with Gasteiger partial charge in [0.2, 0.25) is 0 Å². The second-order valence-corrected chi connectivity index (χ2v) is 6.85. The van der Waals surface area contributed by atoms with E-state index in [1.165, 1.54) is 5.56 Å². The molecule has 1 aromatic carbocycles. The molecular formula is C13H19ClO2S. The van der Waals surface area contributed by atoms with E-state index in [0.717, 1.165) is 25.7 Å². The second-order valence-electron chi connectivity index (χ2n) is 4.28. The maximum absolute atomic E-state index is 11.1. The first-order valence-corrected chi connectivity index (χ1v) is 8.34. The lowest BCUT2D eigenvalue weighted by Gasteiger charge is -2.15. The van der Waals surface area contributed by atoms with Gasteiger partial charge in [0.05, 0.1) is 4.90 Å². The van der Waals surface area contributed by atoms with Crippen molar-refractivity contribution in [1.82, 2.24) is 0 Å². The molecule has 4 heteroatoms. The Morgan fingerprint density at radius 1 is 1.06 bits per heavy atom. The highest BCUT2D eigenvalue weighted by atomic mass is 35.7. The Morgan fingerprint density at radius 3 is 1.88 bits per heavy atom. The van der Waals surface area contributed by atoms with Crippen molar-refractivity contribution >= 4 is 19.7 Å². The van der Waals surface area contributed by atoms with Crippen LogP contribution in [0.25, 0.3) is 0 Å². The molecule has 0 heterocycles. The Labute approximate surface area is 108 Å². The normalized spacial score (nSPS) is 12.0. The maximum atomic E-state index is 11.1. The lowest BCUT2D eigenvalue weighted by Crippen LogP contribution is -1.99. The molecule has 1 rings (SSSR count). The van der Waals surface area contributed by atoms with E-state index < -0.39 is 9.05 Å². The van der Waals surface area contributed by atoms with E-state index in [0.29, 0.717) is 5.92 Å². The molecule has 0 aromatic heterocycles. The van der Waals surface area contributed by atoms with Gasteiger partial charge in [-0.05, 0) is 36.5 Å². The molecule has 0 N–H and O–H groups in total. The van der Waals surface area contributed by atoms with Crippen LogP contribution in [0.5, 0.6) is 0 Å². The van der Waals surface area contributed by atoms with Gasteiger partial charge >= 0.3 is 0 Å². The van der Waals surface area contributed by atoms with E-state index in [-0.39, 0.29) is 4.90 Å². The average Bonchev–Trinajstić information content (AvgIpc) is 2.28. The van der Waals surface area contributed by atoms with Crippen LogP contribution in [-0.2, 0) is 9.05 Å². The summed E-state index contributed by atoms with van der Waals surface area (Å²) in [6.07, 6.45) is 4.56. The van der Waals surface area contributed by atoms with E-state index in [2.05, 4.69) is 13.8 Å². The van der Waals surface area contributed by atoms with Crippen LogP contribution in [0.3, 0.4) is 0 Å². The Bertz CT molecular complexity index is 431. The average molecular weight is 275 g/mol. The van der Waals surface area contributed by atoms with Crippen LogP contribution in [0.4, 0.5) is 0 Å². The fourth-order valence-corrected chi connectivity index (χ4v) is 2.85. The third-order valence-electron chi connectivity index (χ3n) is 2.91. The predicted octanol–water partition coefficient (Wildman–Crippen LogP) is 4.30. The first-order valence-electron chi connectivity index (χ1n) is 6.03. The molecular weight excluding hydrogens is 256 g/mol. The summed E-state index contributed by atoms with van der Waals surface area (Å²) in [5, 5.41) is 0. The smallest absolute Gasteiger partial charge is 0.207 e. The molecule has 0 atom stereocenters. The van der Waals surface area contributed by atoms with E-state index in [4.69, 9.17) is 10.7 Å². The Morgan fingerprint density at radius 2 is 1.53 bits per heavy atom. The van der Waals surface area contributed by atoms with Gasteiger partial charge in [-0.25, -0.2) is 8.42 Å². The lowest BCUT2D eigenvalue weighted by molar-refractivity contribution is 0.560. The molecule has 0 saturated carbocycles. The monoisotopic (exact) mass is 274 g/mol. The molecule has 0 bridgehead atoms. The van der Waals surface area contributed by atoms with Crippen molar-refractivity contribution in [3.8, 4) is 0 Å². The van der Waals surface area contributed by atoms with Crippen molar-refractivity contribution in [3.63, 3.8) is 0 Å². The van der Waals surface area contributed by atoms with Crippen molar-refractivity contribution < 1.29 is 8.42 Å². The fourth-order valence-electron chi connectivity index (χ4n) is 2.08. The van der Waals surface area contributed by atoms with E-state index in [1.54, 1.807) is 12.1 Å². The molecule has 17 heavy (non-hydrogen) atoms. The van der Waals surface area contributed by atoms with Crippen molar-refractivity contribution in [2.45, 2.75) is 50.3 Å². The van der Waals surface area contributed by atoms with Crippen LogP contribution in [0, 0.1) is 0 Å². The van der Waals surface area contributed by atoms with Gasteiger partial charge in [-0.2, -0.15) is 0 Å². The number of benzene rings is 1. The summed E-state index contributed by atoms with van der Waals surface area (Å²) in [4.78, 5) is 0.176. The van der Waals surface area contributed by atoms with Gasteiger partial charge in [0.15, 0.2) is 0 Å². The standard InChI is InChI=1S/C13H19ClO2S/c1-3-5-11(6-4-2)12-7-9-13(10-8-12)17(14,15)16/h7-11H,3-6H2,1-2H3. The zero-order valence-corrected chi connectivity index (χ0v) is 11.9. The fraction of sp³-hybridized carbons (Fsp3) is 0.538. The highest BCUT2D eigenvalue weighted by molar-refractivity contribution is 8.13. The summed E-state index contributed by atoms with van der Waals surface area (Å²) >= 11 is 0. The van der Waals surface area contributed by atoms with Crippen molar-refractivity contribution in [3.05, 3.63) is 29.8 Å². The molecule has 0 aliphatic heterocycles. The highest BCUT2D eigenvalue weighted by Gasteiger charge is 2.13. The SMILES string of the molecule is CCCC(CCC)c1ccc(S(=O)(=O)Cl)cc1. The summed E-state index contributed by atoms with van der Waals surface area (Å²) in [5.74, 6) is 0.525. The largest absolute Gasteiger partial charge is 0.261 e. The van der Waals surface area contributed by atoms with Crippen LogP contribution >= 0.6 is 10.7 Å². The molecule has 0 fully saturated rings. The molecule has 0 aliphatic rings. The van der Waals surface area contributed by atoms with Crippen LogP contribution in [-0.4, -0.2) is 8.42 Å². The summed E-state index contributed by atoms with van der Waals surface area (Å²) in [6.45, 7) is 4.33. The van der Waals surface area contributed by atoms with E-state index in [9.17, 15) is 8.42 Å². The predicted molar refractivity (Wildman–Crippen MR) is 72.0 cm³/mol. The van der Waals surface area contributed by atoms with Gasteiger partial charge in [0.25, 0.3) is 9.05 Å². The summed E-state index contributed by atoms with van der Waals surface area (Å²) in [5.41, 5.74) is 1.21. The Hall–Kier alpha value is -0.540. The van der Waals surface area contributed by atoms with Crippen LogP contribution in [0.2, 0.25) is 0 Å². The van der Waals surface area contributed by atoms with Crippen LogP contribution in [0.15, 0.2) is 29.2 Å². The van der Waals surface area contributed by atoms with Gasteiger partial charge in [0.1, 0.15) is 0 Å². The van der Waals surface area contributed by atoms with Crippen molar-refractivity contribution in [1.29, 1.82) is 0 Å². The van der Waals surface area contributed by atoms with Crippen LogP contribution in [0.1, 0.15) is 51.0 Å². The maximum Gasteiger partial charge on any atom is 0.261 e. The minimum Gasteiger partial charge on any atom is -0.207 e. The Kier molecular flexibility index (Phi) is 5.47. The van der Waals surface area contributed by atoms with Gasteiger partial charge in [-0.3, -0.25) is 0 Å². The third-order valence-corrected chi connectivity index (χ3v) is 4.28. The molecule has 1 aromatic rings. The summed E-state index contributed by atoms with van der Waals surface area (Å²) < 4.78 is 22.3. The molecule has 0 radical (unpaired) electrons. The van der Waals surface area contributed by atoms with Gasteiger partial charge in [-0.1, -0.05) is 38.8 Å². The number of rotatable bonds is 6. The first-order chi connectivity index (χ1) is 7.99. The quantitative estimate of drug-likeness (QED) is 0.725. The number of hydrogen-bond acceptors (Lipinski definition) is 2. The third kappa shape index (κ3) is 4.32. The van der Waals surface area contributed by atoms with Gasteiger partial charge < -0.3 is 0 Å². The van der Waals surface area contributed by atoms with Gasteiger partial charge in [-0.15, -0.1) is 0 Å². The lowest BCUT2D eigenvalue weighted by atomic mass is 9.90. The summed E-state index contributed by atoms with van der Waals surface area (Å²) in [7, 11) is 1.69. The molecule has 0 aliphatic carbocycles. The van der Waals surface area contributed by atoms with Crippen molar-refractivity contribution in [2.24, 2.45) is 0 Å². The zero-order valence-electron chi connectivity index (χ0n) is 10.3. The highest BCUT2D eigenvalue weighted by Crippen LogP contribution is 2.27. The first kappa shape index (κ1) is 14.5. The molecule has 2 nitrogen and oxygen atoms in total. The Balaban J connectivity index is 2.91. The van der Waals surface area contributed by atoms with Crippen LogP contribution < -0.4 is 0 Å². The second kappa shape index (κ2) is 6.41. The van der Waals surface area contributed by atoms with E-state index >= 15 is 0 Å². The zero-order chi connectivity index (χ0) is 12.9. The molecule has 0 unspecified atom stereocenters. The number of halogens is 1. The number of hydrogen-bond donors (Lipinski definition) is 0. The minimum atomic E-state index is -3.60. The molecule has 0 spiro atoms. The molecule has 0 saturated heterocycles. The van der Waals surface area contributed by atoms with E-state index in [1.807, 2.05) is 12.1 Å². The topological polar surface area (TPSA) is 34.1 Å². The minimum absolute atomic E-state index is 0.176. The van der Waals surface area contributed by atoms with Gasteiger partial charge in [0, 0.05) is 10.7 Å². The molecule has 0 amide bonds.